The number of ether oxygens (including phenoxy) is 1. The SMILES string of the molecule is CCCC1CCC(NC)C(SCCC(=O)OC)C1. The van der Waals surface area contributed by atoms with Crippen LogP contribution in [-0.4, -0.2) is 37.2 Å². The molecule has 1 aliphatic rings. The Morgan fingerprint density at radius 3 is 2.83 bits per heavy atom. The Balaban J connectivity index is 2.35. The Hall–Kier alpha value is -0.220. The lowest BCUT2D eigenvalue weighted by Gasteiger charge is -2.35. The molecule has 1 aliphatic carbocycles. The van der Waals surface area contributed by atoms with Crippen molar-refractivity contribution in [2.75, 3.05) is 19.9 Å². The molecule has 0 amide bonds. The summed E-state index contributed by atoms with van der Waals surface area (Å²) in [7, 11) is 3.51. The van der Waals surface area contributed by atoms with Crippen molar-refractivity contribution >= 4 is 17.7 Å². The molecule has 0 spiro atoms. The molecule has 106 valence electrons. The Kier molecular flexibility index (Phi) is 7.75. The highest BCUT2D eigenvalue weighted by atomic mass is 32.2. The van der Waals surface area contributed by atoms with E-state index < -0.39 is 0 Å². The van der Waals surface area contributed by atoms with Crippen LogP contribution < -0.4 is 5.32 Å². The normalized spacial score (nSPS) is 28.1. The first-order valence-electron chi connectivity index (χ1n) is 7.06. The Bertz CT molecular complexity index is 248. The fraction of sp³-hybridized carbons (Fsp3) is 0.929. The van der Waals surface area contributed by atoms with E-state index in [0.29, 0.717) is 17.7 Å². The highest BCUT2D eigenvalue weighted by molar-refractivity contribution is 7.99. The van der Waals surface area contributed by atoms with E-state index in [2.05, 4.69) is 24.0 Å². The molecular formula is C14H27NO2S. The van der Waals surface area contributed by atoms with Gasteiger partial charge in [-0.2, -0.15) is 11.8 Å². The van der Waals surface area contributed by atoms with Crippen molar-refractivity contribution in [3.8, 4) is 0 Å². The average Bonchev–Trinajstić information content (AvgIpc) is 2.39. The van der Waals surface area contributed by atoms with Gasteiger partial charge < -0.3 is 10.1 Å². The van der Waals surface area contributed by atoms with Crippen LogP contribution in [-0.2, 0) is 9.53 Å². The molecule has 0 aliphatic heterocycles. The van der Waals surface area contributed by atoms with Crippen molar-refractivity contribution < 1.29 is 9.53 Å². The molecule has 1 fully saturated rings. The van der Waals surface area contributed by atoms with Crippen LogP contribution in [0.15, 0.2) is 0 Å². The number of thioether (sulfide) groups is 1. The summed E-state index contributed by atoms with van der Waals surface area (Å²) < 4.78 is 4.68. The summed E-state index contributed by atoms with van der Waals surface area (Å²) in [6.45, 7) is 2.27. The van der Waals surface area contributed by atoms with E-state index >= 15 is 0 Å². The van der Waals surface area contributed by atoms with Gasteiger partial charge in [0.1, 0.15) is 0 Å². The molecule has 0 aromatic heterocycles. The highest BCUT2D eigenvalue weighted by Crippen LogP contribution is 2.34. The summed E-state index contributed by atoms with van der Waals surface area (Å²) >= 11 is 1.94. The van der Waals surface area contributed by atoms with E-state index in [1.807, 2.05) is 11.8 Å². The topological polar surface area (TPSA) is 38.3 Å². The first-order chi connectivity index (χ1) is 8.71. The van der Waals surface area contributed by atoms with Gasteiger partial charge in [0.15, 0.2) is 0 Å². The van der Waals surface area contributed by atoms with Crippen LogP contribution in [0.1, 0.15) is 45.4 Å². The second-order valence-corrected chi connectivity index (χ2v) is 6.45. The lowest BCUT2D eigenvalue weighted by molar-refractivity contribution is -0.140. The van der Waals surface area contributed by atoms with Gasteiger partial charge in [-0.3, -0.25) is 4.79 Å². The third-order valence-corrected chi connectivity index (χ3v) is 5.22. The first-order valence-corrected chi connectivity index (χ1v) is 8.11. The summed E-state index contributed by atoms with van der Waals surface area (Å²) in [6.07, 6.45) is 7.10. The molecule has 4 heteroatoms. The maximum Gasteiger partial charge on any atom is 0.306 e. The summed E-state index contributed by atoms with van der Waals surface area (Å²) in [5.41, 5.74) is 0. The zero-order valence-electron chi connectivity index (χ0n) is 11.9. The van der Waals surface area contributed by atoms with Crippen LogP contribution in [0.2, 0.25) is 0 Å². The van der Waals surface area contributed by atoms with E-state index in [1.54, 1.807) is 0 Å². The fourth-order valence-electron chi connectivity index (χ4n) is 2.79. The third-order valence-electron chi connectivity index (χ3n) is 3.83. The largest absolute Gasteiger partial charge is 0.469 e. The number of hydrogen-bond donors (Lipinski definition) is 1. The van der Waals surface area contributed by atoms with Crippen LogP contribution in [0.4, 0.5) is 0 Å². The van der Waals surface area contributed by atoms with Gasteiger partial charge in [-0.15, -0.1) is 0 Å². The maximum absolute atomic E-state index is 11.1. The van der Waals surface area contributed by atoms with Gasteiger partial charge in [0.2, 0.25) is 0 Å². The average molecular weight is 273 g/mol. The summed E-state index contributed by atoms with van der Waals surface area (Å²) in [5, 5.41) is 4.09. The number of hydrogen-bond acceptors (Lipinski definition) is 4. The minimum Gasteiger partial charge on any atom is -0.469 e. The first kappa shape index (κ1) is 15.8. The van der Waals surface area contributed by atoms with Crippen LogP contribution in [0.5, 0.6) is 0 Å². The number of methoxy groups -OCH3 is 1. The molecule has 3 atom stereocenters. The predicted molar refractivity (Wildman–Crippen MR) is 78.0 cm³/mol. The molecule has 1 rings (SSSR count). The smallest absolute Gasteiger partial charge is 0.306 e. The van der Waals surface area contributed by atoms with Crippen molar-refractivity contribution in [3.05, 3.63) is 0 Å². The van der Waals surface area contributed by atoms with Crippen molar-refractivity contribution in [1.82, 2.24) is 5.32 Å². The fourth-order valence-corrected chi connectivity index (χ4v) is 4.29. The van der Waals surface area contributed by atoms with Gasteiger partial charge in [-0.05, 0) is 32.2 Å². The van der Waals surface area contributed by atoms with Crippen molar-refractivity contribution in [2.24, 2.45) is 5.92 Å². The number of carbonyl (C=O) groups is 1. The van der Waals surface area contributed by atoms with E-state index in [0.717, 1.165) is 11.7 Å². The third kappa shape index (κ3) is 5.19. The number of nitrogens with one attached hydrogen (secondary N) is 1. The van der Waals surface area contributed by atoms with Gasteiger partial charge >= 0.3 is 5.97 Å². The Labute approximate surface area is 115 Å². The lowest BCUT2D eigenvalue weighted by atomic mass is 9.83. The molecule has 18 heavy (non-hydrogen) atoms. The quantitative estimate of drug-likeness (QED) is 0.724. The van der Waals surface area contributed by atoms with Gasteiger partial charge in [0.25, 0.3) is 0 Å². The molecule has 3 nitrogen and oxygen atoms in total. The number of rotatable bonds is 7. The minimum absolute atomic E-state index is 0.0931. The standard InChI is InChI=1S/C14H27NO2S/c1-4-5-11-6-7-12(15-2)13(10-11)18-9-8-14(16)17-3/h11-13,15H,4-10H2,1-3H3. The minimum atomic E-state index is -0.0931. The Morgan fingerprint density at radius 2 is 2.22 bits per heavy atom. The highest BCUT2D eigenvalue weighted by Gasteiger charge is 2.29. The maximum atomic E-state index is 11.1. The summed E-state index contributed by atoms with van der Waals surface area (Å²) in [4.78, 5) is 11.1. The van der Waals surface area contributed by atoms with E-state index in [-0.39, 0.29) is 5.97 Å². The molecule has 1 saturated carbocycles. The zero-order chi connectivity index (χ0) is 13.4. The molecule has 1 N–H and O–H groups in total. The van der Waals surface area contributed by atoms with Gasteiger partial charge in [0, 0.05) is 17.0 Å². The van der Waals surface area contributed by atoms with Gasteiger partial charge in [-0.25, -0.2) is 0 Å². The zero-order valence-corrected chi connectivity index (χ0v) is 12.7. The second kappa shape index (κ2) is 8.81. The van der Waals surface area contributed by atoms with Crippen molar-refractivity contribution in [2.45, 2.75) is 56.7 Å². The van der Waals surface area contributed by atoms with E-state index in [9.17, 15) is 4.79 Å². The molecule has 0 bridgehead atoms. The van der Waals surface area contributed by atoms with Gasteiger partial charge in [-0.1, -0.05) is 19.8 Å². The van der Waals surface area contributed by atoms with Crippen LogP contribution in [0, 0.1) is 5.92 Å². The number of esters is 1. The molecular weight excluding hydrogens is 246 g/mol. The second-order valence-electron chi connectivity index (χ2n) is 5.10. The molecule has 0 radical (unpaired) electrons. The summed E-state index contributed by atoms with van der Waals surface area (Å²) in [6, 6.07) is 0.612. The molecule has 0 heterocycles. The van der Waals surface area contributed by atoms with Crippen LogP contribution >= 0.6 is 11.8 Å². The molecule has 0 saturated heterocycles. The van der Waals surface area contributed by atoms with Crippen molar-refractivity contribution in [1.29, 1.82) is 0 Å². The van der Waals surface area contributed by atoms with E-state index in [4.69, 9.17) is 0 Å². The van der Waals surface area contributed by atoms with Crippen LogP contribution in [0.3, 0.4) is 0 Å². The number of carbonyl (C=O) groups excluding carboxylic acids is 1. The molecule has 3 unspecified atom stereocenters. The monoisotopic (exact) mass is 273 g/mol. The summed E-state index contributed by atoms with van der Waals surface area (Å²) in [5.74, 6) is 1.67. The molecule has 0 aromatic carbocycles. The predicted octanol–water partition coefficient (Wildman–Crippen LogP) is 2.84. The van der Waals surface area contributed by atoms with Crippen molar-refractivity contribution in [3.63, 3.8) is 0 Å². The molecule has 0 aromatic rings. The Morgan fingerprint density at radius 1 is 1.44 bits per heavy atom. The lowest BCUT2D eigenvalue weighted by Crippen LogP contribution is -2.41. The van der Waals surface area contributed by atoms with E-state index in [1.165, 1.54) is 39.2 Å². The van der Waals surface area contributed by atoms with Gasteiger partial charge in [0.05, 0.1) is 13.5 Å². The van der Waals surface area contributed by atoms with Crippen LogP contribution in [0.25, 0.3) is 0 Å².